The number of rotatable bonds is 6. The van der Waals surface area contributed by atoms with Crippen molar-refractivity contribution in [2.75, 3.05) is 18.1 Å². The zero-order valence-corrected chi connectivity index (χ0v) is 11.5. The van der Waals surface area contributed by atoms with Gasteiger partial charge in [-0.3, -0.25) is 4.21 Å². The molecule has 1 atom stereocenters. The molecule has 0 bridgehead atoms. The largest absolute Gasteiger partial charge is 0.312 e. The molecule has 0 aliphatic heterocycles. The molecule has 5 heteroatoms. The van der Waals surface area contributed by atoms with Crippen LogP contribution in [0.5, 0.6) is 0 Å². The highest BCUT2D eigenvalue weighted by atomic mass is 79.9. The lowest BCUT2D eigenvalue weighted by Crippen LogP contribution is -2.20. The smallest absolute Gasteiger partial charge is 0.137 e. The normalized spacial score (nSPS) is 12.7. The van der Waals surface area contributed by atoms with Crippen LogP contribution in [0.15, 0.2) is 22.7 Å². The molecule has 90 valence electrons. The lowest BCUT2D eigenvalue weighted by molar-refractivity contribution is 0.614. The molecule has 1 unspecified atom stereocenters. The van der Waals surface area contributed by atoms with Gasteiger partial charge in [-0.05, 0) is 27.6 Å². The quantitative estimate of drug-likeness (QED) is 0.818. The first kappa shape index (κ1) is 13.8. The molecule has 0 aliphatic rings. The number of nitrogens with one attached hydrogen (secondary N) is 1. The minimum atomic E-state index is -0.743. The van der Waals surface area contributed by atoms with Crippen molar-refractivity contribution in [3.63, 3.8) is 0 Å². The molecule has 0 aliphatic carbocycles. The minimum absolute atomic E-state index is 0.253. The Balaban J connectivity index is 2.38. The van der Waals surface area contributed by atoms with Gasteiger partial charge >= 0.3 is 0 Å². The molecule has 0 fully saturated rings. The van der Waals surface area contributed by atoms with E-state index in [4.69, 9.17) is 0 Å². The van der Waals surface area contributed by atoms with Crippen LogP contribution in [0.2, 0.25) is 0 Å². The van der Waals surface area contributed by atoms with E-state index in [1.807, 2.05) is 13.0 Å². The summed E-state index contributed by atoms with van der Waals surface area (Å²) in [5.41, 5.74) is 0.877. The van der Waals surface area contributed by atoms with Crippen LogP contribution in [-0.4, -0.2) is 22.3 Å². The Labute approximate surface area is 106 Å². The fourth-order valence-corrected chi connectivity index (χ4v) is 2.30. The third-order valence-electron chi connectivity index (χ3n) is 2.18. The van der Waals surface area contributed by atoms with Crippen LogP contribution in [0.1, 0.15) is 12.5 Å². The van der Waals surface area contributed by atoms with Gasteiger partial charge in [0.25, 0.3) is 0 Å². The Kier molecular flexibility index (Phi) is 6.16. The monoisotopic (exact) mass is 307 g/mol. The zero-order chi connectivity index (χ0) is 12.0. The van der Waals surface area contributed by atoms with E-state index in [0.29, 0.717) is 29.1 Å². The lowest BCUT2D eigenvalue weighted by atomic mass is 10.2. The average Bonchev–Trinajstić information content (AvgIpc) is 2.29. The molecule has 0 heterocycles. The summed E-state index contributed by atoms with van der Waals surface area (Å²) in [5, 5.41) is 3.15. The average molecular weight is 308 g/mol. The Morgan fingerprint density at radius 3 is 2.94 bits per heavy atom. The zero-order valence-electron chi connectivity index (χ0n) is 9.13. The summed E-state index contributed by atoms with van der Waals surface area (Å²) in [4.78, 5) is 0. The van der Waals surface area contributed by atoms with Crippen molar-refractivity contribution >= 4 is 26.7 Å². The van der Waals surface area contributed by atoms with E-state index in [-0.39, 0.29) is 5.82 Å². The Morgan fingerprint density at radius 1 is 1.50 bits per heavy atom. The predicted octanol–water partition coefficient (Wildman–Crippen LogP) is 2.45. The summed E-state index contributed by atoms with van der Waals surface area (Å²) in [6, 6.07) is 4.96. The molecule has 1 N–H and O–H groups in total. The second-order valence-electron chi connectivity index (χ2n) is 3.32. The van der Waals surface area contributed by atoms with Gasteiger partial charge in [-0.1, -0.05) is 19.1 Å². The van der Waals surface area contributed by atoms with E-state index in [9.17, 15) is 8.60 Å². The lowest BCUT2D eigenvalue weighted by Gasteiger charge is -2.06. The van der Waals surface area contributed by atoms with Gasteiger partial charge in [0.1, 0.15) is 5.82 Å². The molecule has 16 heavy (non-hydrogen) atoms. The molecule has 1 aromatic carbocycles. The summed E-state index contributed by atoms with van der Waals surface area (Å²) in [6.07, 6.45) is 0. The molecule has 0 aromatic heterocycles. The number of hydrogen-bond donors (Lipinski definition) is 1. The van der Waals surface area contributed by atoms with Crippen LogP contribution in [0.3, 0.4) is 0 Å². The molecular formula is C11H15BrFNOS. The molecule has 1 rings (SSSR count). The highest BCUT2D eigenvalue weighted by molar-refractivity contribution is 9.10. The van der Waals surface area contributed by atoms with E-state index in [0.717, 1.165) is 5.56 Å². The fourth-order valence-electron chi connectivity index (χ4n) is 1.24. The minimum Gasteiger partial charge on any atom is -0.312 e. The molecule has 0 spiro atoms. The van der Waals surface area contributed by atoms with Crippen LogP contribution < -0.4 is 5.32 Å². The van der Waals surface area contributed by atoms with Crippen molar-refractivity contribution in [3.05, 3.63) is 34.1 Å². The van der Waals surface area contributed by atoms with Gasteiger partial charge in [0.2, 0.25) is 0 Å². The fraction of sp³-hybridized carbons (Fsp3) is 0.455. The van der Waals surface area contributed by atoms with Crippen LogP contribution in [-0.2, 0) is 17.3 Å². The van der Waals surface area contributed by atoms with Crippen LogP contribution in [0.25, 0.3) is 0 Å². The van der Waals surface area contributed by atoms with E-state index < -0.39 is 10.8 Å². The summed E-state index contributed by atoms with van der Waals surface area (Å²) in [6.45, 7) is 3.17. The molecule has 1 aromatic rings. The maximum atomic E-state index is 13.1. The van der Waals surface area contributed by atoms with Gasteiger partial charge in [0.05, 0.1) is 4.47 Å². The molecule has 0 radical (unpaired) electrons. The standard InChI is InChI=1S/C11H15BrFNOS/c1-2-16(15)7-6-14-8-9-4-3-5-10(13)11(9)12/h3-5,14H,2,6-8H2,1H3. The predicted molar refractivity (Wildman–Crippen MR) is 69.4 cm³/mol. The summed E-state index contributed by atoms with van der Waals surface area (Å²) >= 11 is 3.20. The van der Waals surface area contributed by atoms with Gasteiger partial charge in [0, 0.05) is 35.4 Å². The van der Waals surface area contributed by atoms with Crippen molar-refractivity contribution in [1.82, 2.24) is 5.32 Å². The first-order valence-corrected chi connectivity index (χ1v) is 7.41. The third-order valence-corrected chi connectivity index (χ3v) is 4.37. The first-order valence-electron chi connectivity index (χ1n) is 5.13. The number of benzene rings is 1. The van der Waals surface area contributed by atoms with E-state index in [2.05, 4.69) is 21.2 Å². The Morgan fingerprint density at radius 2 is 2.25 bits per heavy atom. The SMILES string of the molecule is CCS(=O)CCNCc1cccc(F)c1Br. The van der Waals surface area contributed by atoms with E-state index in [1.165, 1.54) is 6.07 Å². The van der Waals surface area contributed by atoms with Gasteiger partial charge in [-0.15, -0.1) is 0 Å². The van der Waals surface area contributed by atoms with Gasteiger partial charge in [-0.25, -0.2) is 4.39 Å². The number of hydrogen-bond acceptors (Lipinski definition) is 2. The number of halogens is 2. The van der Waals surface area contributed by atoms with Crippen molar-refractivity contribution in [2.24, 2.45) is 0 Å². The summed E-state index contributed by atoms with van der Waals surface area (Å²) in [7, 11) is -0.743. The third kappa shape index (κ3) is 4.31. The first-order chi connectivity index (χ1) is 7.65. The highest BCUT2D eigenvalue weighted by Crippen LogP contribution is 2.19. The molecular weight excluding hydrogens is 293 g/mol. The highest BCUT2D eigenvalue weighted by Gasteiger charge is 2.04. The Bertz CT molecular complexity index is 373. The van der Waals surface area contributed by atoms with Crippen LogP contribution in [0.4, 0.5) is 4.39 Å². The topological polar surface area (TPSA) is 29.1 Å². The van der Waals surface area contributed by atoms with Gasteiger partial charge in [0.15, 0.2) is 0 Å². The van der Waals surface area contributed by atoms with Crippen LogP contribution in [0, 0.1) is 5.82 Å². The van der Waals surface area contributed by atoms with Crippen molar-refractivity contribution in [1.29, 1.82) is 0 Å². The van der Waals surface area contributed by atoms with Crippen molar-refractivity contribution in [2.45, 2.75) is 13.5 Å². The van der Waals surface area contributed by atoms with Crippen molar-refractivity contribution in [3.8, 4) is 0 Å². The van der Waals surface area contributed by atoms with Crippen LogP contribution >= 0.6 is 15.9 Å². The van der Waals surface area contributed by atoms with Crippen molar-refractivity contribution < 1.29 is 8.60 Å². The second kappa shape index (κ2) is 7.14. The molecule has 2 nitrogen and oxygen atoms in total. The Hall–Kier alpha value is -0.260. The van der Waals surface area contributed by atoms with Gasteiger partial charge in [-0.2, -0.15) is 0 Å². The van der Waals surface area contributed by atoms with Gasteiger partial charge < -0.3 is 5.32 Å². The van der Waals surface area contributed by atoms with E-state index in [1.54, 1.807) is 6.07 Å². The summed E-state index contributed by atoms with van der Waals surface area (Å²) < 4.78 is 24.8. The maximum Gasteiger partial charge on any atom is 0.137 e. The molecule has 0 saturated heterocycles. The molecule has 0 amide bonds. The second-order valence-corrected chi connectivity index (χ2v) is 5.98. The molecule has 0 saturated carbocycles. The summed E-state index contributed by atoms with van der Waals surface area (Å²) in [5.74, 6) is 1.07. The maximum absolute atomic E-state index is 13.1. The van der Waals surface area contributed by atoms with E-state index >= 15 is 0 Å².